The van der Waals surface area contributed by atoms with Crippen LogP contribution in [0, 0.1) is 5.41 Å². The molecule has 0 unspecified atom stereocenters. The smallest absolute Gasteiger partial charge is 0.179 e. The highest BCUT2D eigenvalue weighted by Gasteiger charge is 2.03. The summed E-state index contributed by atoms with van der Waals surface area (Å²) in [5.41, 5.74) is 6.77. The number of hydrogen-bond donors (Lipinski definition) is 2. The summed E-state index contributed by atoms with van der Waals surface area (Å²) >= 11 is 0. The zero-order valence-corrected chi connectivity index (χ0v) is 6.81. The first-order valence-electron chi connectivity index (χ1n) is 3.76. The van der Waals surface area contributed by atoms with Gasteiger partial charge in [-0.3, -0.25) is 5.41 Å². The third-order valence-electron chi connectivity index (χ3n) is 1.67. The molecule has 0 saturated carbocycles. The van der Waals surface area contributed by atoms with Gasteiger partial charge in [0.25, 0.3) is 0 Å². The maximum absolute atomic E-state index is 7.16. The molecule has 0 saturated heterocycles. The zero-order valence-electron chi connectivity index (χ0n) is 6.81. The molecule has 0 aromatic carbocycles. The Morgan fingerprint density at radius 2 is 2.38 bits per heavy atom. The van der Waals surface area contributed by atoms with E-state index in [0.717, 1.165) is 5.69 Å². The molecule has 6 nitrogen and oxygen atoms in total. The van der Waals surface area contributed by atoms with E-state index in [4.69, 9.17) is 11.1 Å². The quantitative estimate of drug-likeness (QED) is 0.481. The normalized spacial score (nSPS) is 10.5. The Balaban J connectivity index is 2.54. The Morgan fingerprint density at radius 1 is 1.54 bits per heavy atom. The summed E-state index contributed by atoms with van der Waals surface area (Å²) in [4.78, 5) is 0. The largest absolute Gasteiger partial charge is 0.387 e. The number of rotatable bonds is 2. The lowest BCUT2D eigenvalue weighted by Gasteiger charge is -2.00. The van der Waals surface area contributed by atoms with Crippen LogP contribution in [0.1, 0.15) is 5.69 Å². The van der Waals surface area contributed by atoms with E-state index in [0.29, 0.717) is 12.1 Å². The van der Waals surface area contributed by atoms with Gasteiger partial charge in [0.1, 0.15) is 0 Å². The Labute approximate surface area is 73.9 Å². The van der Waals surface area contributed by atoms with Crippen molar-refractivity contribution >= 4 is 11.5 Å². The fraction of sp³-hybridized carbons (Fsp3) is 0.143. The van der Waals surface area contributed by atoms with Gasteiger partial charge in [0.05, 0.1) is 11.5 Å². The molecule has 2 aromatic heterocycles. The van der Waals surface area contributed by atoms with Crippen molar-refractivity contribution in [2.45, 2.75) is 6.42 Å². The third-order valence-corrected chi connectivity index (χ3v) is 1.67. The predicted molar refractivity (Wildman–Crippen MR) is 46.4 cm³/mol. The fourth-order valence-electron chi connectivity index (χ4n) is 1.15. The van der Waals surface area contributed by atoms with E-state index >= 15 is 0 Å². The topological polar surface area (TPSA) is 93.0 Å². The van der Waals surface area contributed by atoms with Crippen LogP contribution in [0.5, 0.6) is 0 Å². The molecule has 0 aliphatic heterocycles. The van der Waals surface area contributed by atoms with E-state index in [2.05, 4.69) is 15.5 Å². The lowest BCUT2D eigenvalue weighted by Crippen LogP contribution is -2.15. The van der Waals surface area contributed by atoms with E-state index in [9.17, 15) is 0 Å². The van der Waals surface area contributed by atoms with Gasteiger partial charge in [0, 0.05) is 6.42 Å². The summed E-state index contributed by atoms with van der Waals surface area (Å²) in [6.45, 7) is 0. The van der Waals surface area contributed by atoms with Crippen molar-refractivity contribution in [1.29, 1.82) is 5.41 Å². The van der Waals surface area contributed by atoms with E-state index in [1.165, 1.54) is 0 Å². The number of tetrazole rings is 1. The Kier molecular flexibility index (Phi) is 1.66. The molecule has 0 amide bonds. The molecule has 0 bridgehead atoms. The van der Waals surface area contributed by atoms with Gasteiger partial charge in [-0.25, -0.2) is 0 Å². The number of hydrogen-bond acceptors (Lipinski definition) is 4. The minimum absolute atomic E-state index is 0.100. The van der Waals surface area contributed by atoms with Crippen LogP contribution in [-0.4, -0.2) is 25.9 Å². The highest BCUT2D eigenvalue weighted by molar-refractivity contribution is 5.79. The molecular weight excluding hydrogens is 168 g/mol. The summed E-state index contributed by atoms with van der Waals surface area (Å²) < 4.78 is 1.57. The third kappa shape index (κ3) is 1.33. The first kappa shape index (κ1) is 7.66. The van der Waals surface area contributed by atoms with Crippen LogP contribution in [0.2, 0.25) is 0 Å². The number of amidine groups is 1. The first-order chi connectivity index (χ1) is 6.27. The predicted octanol–water partition coefficient (Wildman–Crippen LogP) is -0.397. The molecule has 0 fully saturated rings. The number of fused-ring (bicyclic) bond motifs is 1. The average Bonchev–Trinajstić information content (AvgIpc) is 2.51. The summed E-state index contributed by atoms with van der Waals surface area (Å²) in [5.74, 6) is 0.100. The van der Waals surface area contributed by atoms with Crippen molar-refractivity contribution in [3.8, 4) is 0 Å². The molecule has 0 spiro atoms. The van der Waals surface area contributed by atoms with Gasteiger partial charge in [0.15, 0.2) is 5.65 Å². The summed E-state index contributed by atoms with van der Waals surface area (Å²) in [5, 5.41) is 18.2. The molecule has 2 heterocycles. The van der Waals surface area contributed by atoms with E-state index in [-0.39, 0.29) is 5.84 Å². The molecule has 3 N–H and O–H groups in total. The molecule has 2 aromatic rings. The SMILES string of the molecule is N=C(N)Cc1cccc2nnnn12. The number of nitrogens with one attached hydrogen (secondary N) is 1. The van der Waals surface area contributed by atoms with Crippen LogP contribution < -0.4 is 5.73 Å². The maximum atomic E-state index is 7.16. The van der Waals surface area contributed by atoms with Gasteiger partial charge in [-0.05, 0) is 22.6 Å². The summed E-state index contributed by atoms with van der Waals surface area (Å²) in [7, 11) is 0. The highest BCUT2D eigenvalue weighted by Crippen LogP contribution is 2.02. The Hall–Kier alpha value is -1.98. The van der Waals surface area contributed by atoms with Gasteiger partial charge >= 0.3 is 0 Å². The monoisotopic (exact) mass is 176 g/mol. The minimum Gasteiger partial charge on any atom is -0.387 e. The second-order valence-electron chi connectivity index (χ2n) is 2.67. The van der Waals surface area contributed by atoms with Crippen LogP contribution >= 0.6 is 0 Å². The van der Waals surface area contributed by atoms with E-state index in [1.807, 2.05) is 12.1 Å². The highest BCUT2D eigenvalue weighted by atomic mass is 15.5. The van der Waals surface area contributed by atoms with Gasteiger partial charge in [0.2, 0.25) is 0 Å². The van der Waals surface area contributed by atoms with E-state index in [1.54, 1.807) is 10.6 Å². The standard InChI is InChI=1S/C7H8N6/c8-6(9)4-5-2-1-3-7-10-11-12-13(5)7/h1-3H,4H2,(H3,8,9). The summed E-state index contributed by atoms with van der Waals surface area (Å²) in [6.07, 6.45) is 0.363. The molecule has 66 valence electrons. The van der Waals surface area contributed by atoms with Gasteiger partial charge in [-0.1, -0.05) is 6.07 Å². The second-order valence-corrected chi connectivity index (χ2v) is 2.67. The van der Waals surface area contributed by atoms with Gasteiger partial charge in [-0.15, -0.1) is 5.10 Å². The Bertz CT molecular complexity index is 445. The van der Waals surface area contributed by atoms with Gasteiger partial charge in [-0.2, -0.15) is 4.52 Å². The van der Waals surface area contributed by atoms with Crippen molar-refractivity contribution in [1.82, 2.24) is 20.0 Å². The zero-order chi connectivity index (χ0) is 9.26. The van der Waals surface area contributed by atoms with E-state index < -0.39 is 0 Å². The van der Waals surface area contributed by atoms with Crippen molar-refractivity contribution in [2.24, 2.45) is 5.73 Å². The van der Waals surface area contributed by atoms with Crippen LogP contribution in [0.4, 0.5) is 0 Å². The number of pyridine rings is 1. The van der Waals surface area contributed by atoms with Crippen molar-refractivity contribution in [3.05, 3.63) is 23.9 Å². The molecular formula is C7H8N6. The fourth-order valence-corrected chi connectivity index (χ4v) is 1.15. The molecule has 13 heavy (non-hydrogen) atoms. The lowest BCUT2D eigenvalue weighted by molar-refractivity contribution is 0.795. The molecule has 0 aliphatic carbocycles. The second kappa shape index (κ2) is 2.81. The molecule has 6 heteroatoms. The average molecular weight is 176 g/mol. The molecule has 2 rings (SSSR count). The summed E-state index contributed by atoms with van der Waals surface area (Å²) in [6, 6.07) is 5.47. The van der Waals surface area contributed by atoms with Crippen LogP contribution in [0.3, 0.4) is 0 Å². The lowest BCUT2D eigenvalue weighted by atomic mass is 10.2. The maximum Gasteiger partial charge on any atom is 0.179 e. The molecule has 0 atom stereocenters. The van der Waals surface area contributed by atoms with Gasteiger partial charge < -0.3 is 5.73 Å². The minimum atomic E-state index is 0.100. The van der Waals surface area contributed by atoms with Crippen molar-refractivity contribution in [2.75, 3.05) is 0 Å². The van der Waals surface area contributed by atoms with Crippen LogP contribution in [-0.2, 0) is 6.42 Å². The first-order valence-corrected chi connectivity index (χ1v) is 3.76. The van der Waals surface area contributed by atoms with Crippen LogP contribution in [0.15, 0.2) is 18.2 Å². The number of nitrogens with two attached hydrogens (primary N) is 1. The van der Waals surface area contributed by atoms with Crippen molar-refractivity contribution in [3.63, 3.8) is 0 Å². The van der Waals surface area contributed by atoms with Crippen molar-refractivity contribution < 1.29 is 0 Å². The number of nitrogens with zero attached hydrogens (tertiary/aromatic N) is 4. The molecule has 0 radical (unpaired) electrons. The number of aromatic nitrogens is 4. The molecule has 0 aliphatic rings. The van der Waals surface area contributed by atoms with Crippen LogP contribution in [0.25, 0.3) is 5.65 Å². The Morgan fingerprint density at radius 3 is 3.15 bits per heavy atom.